The SMILES string of the molecule is CCNC(=O)c1c(N)sc(C)c1-c1cccs1. The highest BCUT2D eigenvalue weighted by Gasteiger charge is 2.21. The highest BCUT2D eigenvalue weighted by molar-refractivity contribution is 7.18. The van der Waals surface area contributed by atoms with Crippen molar-refractivity contribution in [2.45, 2.75) is 13.8 Å². The van der Waals surface area contributed by atoms with Crippen molar-refractivity contribution in [3.05, 3.63) is 28.0 Å². The second-order valence-electron chi connectivity index (χ2n) is 3.61. The van der Waals surface area contributed by atoms with Gasteiger partial charge in [-0.2, -0.15) is 0 Å². The van der Waals surface area contributed by atoms with Gasteiger partial charge in [0.25, 0.3) is 5.91 Å². The van der Waals surface area contributed by atoms with E-state index in [0.29, 0.717) is 17.1 Å². The largest absolute Gasteiger partial charge is 0.390 e. The first-order chi connectivity index (χ1) is 8.15. The van der Waals surface area contributed by atoms with Crippen molar-refractivity contribution in [1.82, 2.24) is 5.32 Å². The third-order valence-corrected chi connectivity index (χ3v) is 4.27. The molecule has 1 amide bonds. The fraction of sp³-hybridized carbons (Fsp3) is 0.250. The summed E-state index contributed by atoms with van der Waals surface area (Å²) in [5.74, 6) is -0.0854. The molecule has 2 rings (SSSR count). The number of anilines is 1. The molecule has 2 aromatic rings. The van der Waals surface area contributed by atoms with Crippen LogP contribution < -0.4 is 11.1 Å². The Morgan fingerprint density at radius 2 is 2.29 bits per heavy atom. The Morgan fingerprint density at radius 3 is 2.88 bits per heavy atom. The maximum atomic E-state index is 12.0. The van der Waals surface area contributed by atoms with Crippen LogP contribution in [0.4, 0.5) is 5.00 Å². The van der Waals surface area contributed by atoms with E-state index >= 15 is 0 Å². The number of nitrogens with two attached hydrogens (primary N) is 1. The number of nitrogens with one attached hydrogen (secondary N) is 1. The number of carbonyl (C=O) groups is 1. The van der Waals surface area contributed by atoms with Gasteiger partial charge in [0.2, 0.25) is 0 Å². The molecule has 0 aliphatic rings. The number of carbonyl (C=O) groups excluding carboxylic acids is 1. The number of aryl methyl sites for hydroxylation is 1. The molecule has 0 unspecified atom stereocenters. The summed E-state index contributed by atoms with van der Waals surface area (Å²) in [5, 5.41) is 5.41. The molecule has 0 aliphatic carbocycles. The van der Waals surface area contributed by atoms with Gasteiger partial charge in [0.1, 0.15) is 0 Å². The Kier molecular flexibility index (Phi) is 3.49. The fourth-order valence-electron chi connectivity index (χ4n) is 1.76. The summed E-state index contributed by atoms with van der Waals surface area (Å²) in [5.41, 5.74) is 7.54. The molecule has 17 heavy (non-hydrogen) atoms. The Hall–Kier alpha value is -1.33. The molecule has 0 aromatic carbocycles. The number of thiophene rings is 2. The van der Waals surface area contributed by atoms with Gasteiger partial charge in [0, 0.05) is 21.9 Å². The fourth-order valence-corrected chi connectivity index (χ4v) is 3.60. The molecule has 3 N–H and O–H groups in total. The van der Waals surface area contributed by atoms with Gasteiger partial charge in [-0.25, -0.2) is 0 Å². The van der Waals surface area contributed by atoms with Crippen molar-refractivity contribution in [3.63, 3.8) is 0 Å². The highest BCUT2D eigenvalue weighted by Crippen LogP contribution is 2.39. The Bertz CT molecular complexity index is 529. The molecule has 2 aromatic heterocycles. The van der Waals surface area contributed by atoms with Crippen molar-refractivity contribution in [1.29, 1.82) is 0 Å². The number of amides is 1. The van der Waals surface area contributed by atoms with Gasteiger partial charge >= 0.3 is 0 Å². The molecule has 0 radical (unpaired) electrons. The average molecular weight is 266 g/mol. The number of nitrogen functional groups attached to an aromatic ring is 1. The van der Waals surface area contributed by atoms with Crippen molar-refractivity contribution in [3.8, 4) is 10.4 Å². The van der Waals surface area contributed by atoms with E-state index in [0.717, 1.165) is 15.3 Å². The monoisotopic (exact) mass is 266 g/mol. The standard InChI is InChI=1S/C12H14N2OS2/c1-3-14-12(15)10-9(7(2)17-11(10)13)8-5-4-6-16-8/h4-6H,3,13H2,1-2H3,(H,14,15). The molecule has 0 fully saturated rings. The van der Waals surface area contributed by atoms with E-state index in [9.17, 15) is 4.79 Å². The van der Waals surface area contributed by atoms with Crippen LogP contribution in [0.5, 0.6) is 0 Å². The second kappa shape index (κ2) is 4.89. The zero-order valence-electron chi connectivity index (χ0n) is 9.74. The molecule has 0 spiro atoms. The second-order valence-corrected chi connectivity index (χ2v) is 5.81. The van der Waals surface area contributed by atoms with E-state index in [-0.39, 0.29) is 5.91 Å². The van der Waals surface area contributed by atoms with Gasteiger partial charge in [-0.05, 0) is 25.3 Å². The minimum Gasteiger partial charge on any atom is -0.390 e. The molecule has 3 nitrogen and oxygen atoms in total. The molecule has 0 bridgehead atoms. The quantitative estimate of drug-likeness (QED) is 0.896. The Balaban J connectivity index is 2.55. The maximum Gasteiger partial charge on any atom is 0.254 e. The van der Waals surface area contributed by atoms with Crippen LogP contribution in [0.15, 0.2) is 17.5 Å². The van der Waals surface area contributed by atoms with Gasteiger partial charge in [-0.15, -0.1) is 22.7 Å². The molecule has 0 saturated carbocycles. The van der Waals surface area contributed by atoms with E-state index in [1.54, 1.807) is 11.3 Å². The Morgan fingerprint density at radius 1 is 1.53 bits per heavy atom. The van der Waals surface area contributed by atoms with Crippen LogP contribution in [0.3, 0.4) is 0 Å². The van der Waals surface area contributed by atoms with Gasteiger partial charge in [-0.1, -0.05) is 6.07 Å². The first-order valence-corrected chi connectivity index (χ1v) is 7.05. The van der Waals surface area contributed by atoms with E-state index in [1.807, 2.05) is 31.4 Å². The van der Waals surface area contributed by atoms with Gasteiger partial charge in [0.15, 0.2) is 0 Å². The molecule has 0 saturated heterocycles. The third-order valence-electron chi connectivity index (χ3n) is 2.44. The van der Waals surface area contributed by atoms with Gasteiger partial charge in [0.05, 0.1) is 10.6 Å². The van der Waals surface area contributed by atoms with E-state index in [1.165, 1.54) is 11.3 Å². The lowest BCUT2D eigenvalue weighted by atomic mass is 10.1. The highest BCUT2D eigenvalue weighted by atomic mass is 32.1. The van der Waals surface area contributed by atoms with Crippen LogP contribution in [0, 0.1) is 6.92 Å². The lowest BCUT2D eigenvalue weighted by Crippen LogP contribution is -2.23. The minimum atomic E-state index is -0.0854. The number of hydrogen-bond acceptors (Lipinski definition) is 4. The Labute approximate surface area is 108 Å². The van der Waals surface area contributed by atoms with Crippen molar-refractivity contribution < 1.29 is 4.79 Å². The minimum absolute atomic E-state index is 0.0854. The first-order valence-electron chi connectivity index (χ1n) is 5.36. The summed E-state index contributed by atoms with van der Waals surface area (Å²) in [6, 6.07) is 4.00. The van der Waals surface area contributed by atoms with Gasteiger partial charge < -0.3 is 11.1 Å². The lowest BCUT2D eigenvalue weighted by molar-refractivity contribution is 0.0957. The average Bonchev–Trinajstić information content (AvgIpc) is 2.85. The topological polar surface area (TPSA) is 55.1 Å². The van der Waals surface area contributed by atoms with Crippen LogP contribution in [0.25, 0.3) is 10.4 Å². The van der Waals surface area contributed by atoms with Crippen LogP contribution in [0.1, 0.15) is 22.2 Å². The molecule has 5 heteroatoms. The molecular formula is C12H14N2OS2. The summed E-state index contributed by atoms with van der Waals surface area (Å²) in [7, 11) is 0. The van der Waals surface area contributed by atoms with E-state index in [2.05, 4.69) is 5.32 Å². The van der Waals surface area contributed by atoms with E-state index in [4.69, 9.17) is 5.73 Å². The van der Waals surface area contributed by atoms with Crippen molar-refractivity contribution >= 4 is 33.6 Å². The molecule has 90 valence electrons. The first kappa shape index (κ1) is 12.1. The zero-order chi connectivity index (χ0) is 12.4. The van der Waals surface area contributed by atoms with Crippen LogP contribution in [0.2, 0.25) is 0 Å². The summed E-state index contributed by atoms with van der Waals surface area (Å²) in [6.07, 6.45) is 0. The summed E-state index contributed by atoms with van der Waals surface area (Å²) < 4.78 is 0. The molecule has 0 atom stereocenters. The van der Waals surface area contributed by atoms with Crippen LogP contribution in [-0.2, 0) is 0 Å². The predicted molar refractivity (Wildman–Crippen MR) is 74.8 cm³/mol. The molecule has 2 heterocycles. The van der Waals surface area contributed by atoms with Crippen molar-refractivity contribution in [2.24, 2.45) is 0 Å². The predicted octanol–water partition coefficient (Wildman–Crippen LogP) is 3.12. The van der Waals surface area contributed by atoms with E-state index < -0.39 is 0 Å². The third kappa shape index (κ3) is 2.21. The van der Waals surface area contributed by atoms with Crippen LogP contribution >= 0.6 is 22.7 Å². The maximum absolute atomic E-state index is 12.0. The molecular weight excluding hydrogens is 252 g/mol. The van der Waals surface area contributed by atoms with Crippen molar-refractivity contribution in [2.75, 3.05) is 12.3 Å². The lowest BCUT2D eigenvalue weighted by Gasteiger charge is -2.05. The number of rotatable bonds is 3. The molecule has 0 aliphatic heterocycles. The summed E-state index contributed by atoms with van der Waals surface area (Å²) in [6.45, 7) is 4.51. The number of hydrogen-bond donors (Lipinski definition) is 2. The smallest absolute Gasteiger partial charge is 0.254 e. The summed E-state index contributed by atoms with van der Waals surface area (Å²) >= 11 is 3.10. The normalized spacial score (nSPS) is 10.5. The summed E-state index contributed by atoms with van der Waals surface area (Å²) in [4.78, 5) is 14.2. The van der Waals surface area contributed by atoms with Gasteiger partial charge in [-0.3, -0.25) is 4.79 Å². The zero-order valence-corrected chi connectivity index (χ0v) is 11.4. The van der Waals surface area contributed by atoms with Crippen LogP contribution in [-0.4, -0.2) is 12.5 Å².